The molecule has 114 valence electrons. The van der Waals surface area contributed by atoms with Gasteiger partial charge in [0, 0.05) is 18.9 Å². The van der Waals surface area contributed by atoms with Crippen molar-refractivity contribution in [2.24, 2.45) is 5.92 Å². The molecule has 2 atom stereocenters. The summed E-state index contributed by atoms with van der Waals surface area (Å²) in [5, 5.41) is 12.4. The van der Waals surface area contributed by atoms with Crippen LogP contribution >= 0.6 is 23.2 Å². The molecule has 6 heteroatoms. The standard InChI is InChI=1S/C15H17Cl2NO3/c16-12-5-4-9(7-13(12)17)10-8-11(10)15(21)18-6-2-1-3-14(19)20/h4-5,7,10-11H,1-3,6,8H2,(H,18,21)(H,19,20). The lowest BCUT2D eigenvalue weighted by atomic mass is 10.1. The molecular weight excluding hydrogens is 313 g/mol. The number of rotatable bonds is 7. The van der Waals surface area contributed by atoms with E-state index in [1.807, 2.05) is 12.1 Å². The Morgan fingerprint density at radius 1 is 1.24 bits per heavy atom. The molecular formula is C15H17Cl2NO3. The number of halogens is 2. The predicted octanol–water partition coefficient (Wildman–Crippen LogP) is 3.47. The number of aliphatic carboxylic acids is 1. The molecule has 1 amide bonds. The molecule has 4 nitrogen and oxygen atoms in total. The third kappa shape index (κ3) is 4.61. The van der Waals surface area contributed by atoms with Crippen LogP contribution in [0, 0.1) is 5.92 Å². The first-order valence-corrected chi connectivity index (χ1v) is 7.69. The van der Waals surface area contributed by atoms with Crippen LogP contribution in [-0.4, -0.2) is 23.5 Å². The van der Waals surface area contributed by atoms with Gasteiger partial charge in [-0.1, -0.05) is 29.3 Å². The van der Waals surface area contributed by atoms with Gasteiger partial charge in [0.1, 0.15) is 0 Å². The highest BCUT2D eigenvalue weighted by atomic mass is 35.5. The number of carbonyl (C=O) groups is 2. The quantitative estimate of drug-likeness (QED) is 0.753. The molecule has 0 bridgehead atoms. The molecule has 2 N–H and O–H groups in total. The van der Waals surface area contributed by atoms with Crippen LogP contribution in [0.3, 0.4) is 0 Å². The summed E-state index contributed by atoms with van der Waals surface area (Å²) < 4.78 is 0. The van der Waals surface area contributed by atoms with Crippen molar-refractivity contribution in [1.29, 1.82) is 0 Å². The zero-order valence-electron chi connectivity index (χ0n) is 11.4. The summed E-state index contributed by atoms with van der Waals surface area (Å²) in [6.45, 7) is 0.525. The highest BCUT2D eigenvalue weighted by Gasteiger charge is 2.43. The van der Waals surface area contributed by atoms with Crippen molar-refractivity contribution in [3.05, 3.63) is 33.8 Å². The van der Waals surface area contributed by atoms with Gasteiger partial charge in [0.15, 0.2) is 0 Å². The van der Waals surface area contributed by atoms with Crippen LogP contribution in [0.15, 0.2) is 18.2 Å². The van der Waals surface area contributed by atoms with Gasteiger partial charge < -0.3 is 10.4 Å². The third-order valence-corrected chi connectivity index (χ3v) is 4.35. The highest BCUT2D eigenvalue weighted by molar-refractivity contribution is 6.42. The Balaban J connectivity index is 1.73. The first-order chi connectivity index (χ1) is 9.99. The van der Waals surface area contributed by atoms with E-state index < -0.39 is 5.97 Å². The number of carboxylic acid groups (broad SMARTS) is 1. The average Bonchev–Trinajstić information content (AvgIpc) is 3.21. The summed E-state index contributed by atoms with van der Waals surface area (Å²) in [5.74, 6) is -0.579. The van der Waals surface area contributed by atoms with Gasteiger partial charge in [0.25, 0.3) is 0 Å². The molecule has 0 heterocycles. The molecule has 0 aromatic heterocycles. The van der Waals surface area contributed by atoms with Gasteiger partial charge >= 0.3 is 5.97 Å². The second-order valence-corrected chi connectivity index (χ2v) is 6.08. The van der Waals surface area contributed by atoms with Gasteiger partial charge in [-0.05, 0) is 42.9 Å². The van der Waals surface area contributed by atoms with E-state index >= 15 is 0 Å². The highest BCUT2D eigenvalue weighted by Crippen LogP contribution is 2.48. The minimum Gasteiger partial charge on any atom is -0.481 e. The molecule has 2 rings (SSSR count). The Hall–Kier alpha value is -1.26. The molecule has 1 saturated carbocycles. The normalized spacial score (nSPS) is 20.1. The SMILES string of the molecule is O=C(O)CCCCNC(=O)C1CC1c1ccc(Cl)c(Cl)c1. The molecule has 1 aliphatic carbocycles. The summed E-state index contributed by atoms with van der Waals surface area (Å²) in [5.41, 5.74) is 1.04. The number of unbranched alkanes of at least 4 members (excludes halogenated alkanes) is 1. The van der Waals surface area contributed by atoms with Gasteiger partial charge in [-0.3, -0.25) is 9.59 Å². The minimum absolute atomic E-state index is 0.0123. The topological polar surface area (TPSA) is 66.4 Å². The first-order valence-electron chi connectivity index (χ1n) is 6.93. The van der Waals surface area contributed by atoms with E-state index in [1.54, 1.807) is 6.07 Å². The van der Waals surface area contributed by atoms with Crippen LogP contribution < -0.4 is 5.32 Å². The van der Waals surface area contributed by atoms with Crippen molar-refractivity contribution in [2.45, 2.75) is 31.6 Å². The zero-order valence-corrected chi connectivity index (χ0v) is 13.0. The number of nitrogens with one attached hydrogen (secondary N) is 1. The van der Waals surface area contributed by atoms with E-state index in [1.165, 1.54) is 0 Å². The fraction of sp³-hybridized carbons (Fsp3) is 0.467. The smallest absolute Gasteiger partial charge is 0.303 e. The molecule has 1 fully saturated rings. The maximum atomic E-state index is 12.0. The number of carboxylic acids is 1. The summed E-state index contributed by atoms with van der Waals surface area (Å²) in [7, 11) is 0. The van der Waals surface area contributed by atoms with Gasteiger partial charge in [-0.15, -0.1) is 0 Å². The molecule has 0 saturated heterocycles. The van der Waals surface area contributed by atoms with Crippen LogP contribution in [0.4, 0.5) is 0 Å². The minimum atomic E-state index is -0.803. The van der Waals surface area contributed by atoms with E-state index in [-0.39, 0.29) is 24.2 Å². The summed E-state index contributed by atoms with van der Waals surface area (Å²) in [4.78, 5) is 22.3. The monoisotopic (exact) mass is 329 g/mol. The van der Waals surface area contributed by atoms with E-state index in [0.29, 0.717) is 29.4 Å². The molecule has 1 aromatic carbocycles. The van der Waals surface area contributed by atoms with Gasteiger partial charge in [0.2, 0.25) is 5.91 Å². The van der Waals surface area contributed by atoms with Crippen molar-refractivity contribution in [3.8, 4) is 0 Å². The van der Waals surface area contributed by atoms with Crippen LogP contribution in [0.2, 0.25) is 10.0 Å². The van der Waals surface area contributed by atoms with Crippen LogP contribution in [0.25, 0.3) is 0 Å². The third-order valence-electron chi connectivity index (χ3n) is 3.62. The maximum absolute atomic E-state index is 12.0. The lowest BCUT2D eigenvalue weighted by molar-refractivity contribution is -0.137. The lowest BCUT2D eigenvalue weighted by Gasteiger charge is -2.05. The second kappa shape index (κ2) is 7.14. The Morgan fingerprint density at radius 2 is 2.00 bits per heavy atom. The Morgan fingerprint density at radius 3 is 2.67 bits per heavy atom. The predicted molar refractivity (Wildman–Crippen MR) is 81.8 cm³/mol. The Bertz CT molecular complexity index is 548. The molecule has 1 aromatic rings. The van der Waals surface area contributed by atoms with Crippen LogP contribution in [0.5, 0.6) is 0 Å². The number of amides is 1. The fourth-order valence-electron chi connectivity index (χ4n) is 2.34. The number of benzene rings is 1. The van der Waals surface area contributed by atoms with Gasteiger partial charge in [-0.2, -0.15) is 0 Å². The lowest BCUT2D eigenvalue weighted by Crippen LogP contribution is -2.26. The number of hydrogen-bond donors (Lipinski definition) is 2. The number of carbonyl (C=O) groups excluding carboxylic acids is 1. The van der Waals surface area contributed by atoms with Crippen LogP contribution in [-0.2, 0) is 9.59 Å². The molecule has 2 unspecified atom stereocenters. The molecule has 0 spiro atoms. The van der Waals surface area contributed by atoms with Gasteiger partial charge in [0.05, 0.1) is 10.0 Å². The fourth-order valence-corrected chi connectivity index (χ4v) is 2.65. The summed E-state index contributed by atoms with van der Waals surface area (Å²) >= 11 is 11.8. The Kier molecular flexibility index (Phi) is 5.48. The van der Waals surface area contributed by atoms with Crippen molar-refractivity contribution in [1.82, 2.24) is 5.32 Å². The molecule has 0 aliphatic heterocycles. The maximum Gasteiger partial charge on any atom is 0.303 e. The molecule has 1 aliphatic rings. The van der Waals surface area contributed by atoms with E-state index in [2.05, 4.69) is 5.32 Å². The molecule has 0 radical (unpaired) electrons. The zero-order chi connectivity index (χ0) is 15.4. The van der Waals surface area contributed by atoms with E-state index in [0.717, 1.165) is 12.0 Å². The van der Waals surface area contributed by atoms with Crippen molar-refractivity contribution in [2.75, 3.05) is 6.54 Å². The van der Waals surface area contributed by atoms with E-state index in [9.17, 15) is 9.59 Å². The summed E-state index contributed by atoms with van der Waals surface area (Å²) in [6, 6.07) is 5.46. The largest absolute Gasteiger partial charge is 0.481 e. The van der Waals surface area contributed by atoms with Crippen molar-refractivity contribution < 1.29 is 14.7 Å². The van der Waals surface area contributed by atoms with Gasteiger partial charge in [-0.25, -0.2) is 0 Å². The number of hydrogen-bond acceptors (Lipinski definition) is 2. The second-order valence-electron chi connectivity index (χ2n) is 5.26. The van der Waals surface area contributed by atoms with Crippen LogP contribution in [0.1, 0.15) is 37.2 Å². The van der Waals surface area contributed by atoms with E-state index in [4.69, 9.17) is 28.3 Å². The van der Waals surface area contributed by atoms with Crippen molar-refractivity contribution in [3.63, 3.8) is 0 Å². The van der Waals surface area contributed by atoms with Crippen molar-refractivity contribution >= 4 is 35.1 Å². The summed E-state index contributed by atoms with van der Waals surface area (Å²) in [6.07, 6.45) is 2.23. The average molecular weight is 330 g/mol. The Labute approximate surface area is 133 Å². The molecule has 21 heavy (non-hydrogen) atoms. The first kappa shape index (κ1) is 16.1.